The summed E-state index contributed by atoms with van der Waals surface area (Å²) >= 11 is 3.44. The number of methoxy groups -OCH3 is 1. The molecule has 0 saturated heterocycles. The molecule has 1 aromatic carbocycles. The van der Waals surface area contributed by atoms with Crippen molar-refractivity contribution in [3.05, 3.63) is 52.1 Å². The zero-order valence-electron chi connectivity index (χ0n) is 12.1. The summed E-state index contributed by atoms with van der Waals surface area (Å²) in [5.74, 6) is 1.96. The third kappa shape index (κ3) is 3.51. The van der Waals surface area contributed by atoms with E-state index in [0.29, 0.717) is 0 Å². The molecule has 2 aromatic rings. The van der Waals surface area contributed by atoms with Gasteiger partial charge in [-0.1, -0.05) is 18.2 Å². The van der Waals surface area contributed by atoms with Crippen molar-refractivity contribution in [3.63, 3.8) is 0 Å². The minimum atomic E-state index is 0.899. The first kappa shape index (κ1) is 14.9. The Morgan fingerprint density at radius 3 is 2.75 bits per heavy atom. The third-order valence-electron chi connectivity index (χ3n) is 3.29. The van der Waals surface area contributed by atoms with E-state index in [-0.39, 0.29) is 0 Å². The molecule has 0 aliphatic rings. The monoisotopic (exact) mass is 334 g/mol. The number of aromatic nitrogens is 1. The molecule has 1 aromatic heterocycles. The van der Waals surface area contributed by atoms with Crippen LogP contribution in [0.1, 0.15) is 11.1 Å². The molecule has 4 heteroatoms. The van der Waals surface area contributed by atoms with Crippen molar-refractivity contribution in [2.24, 2.45) is 0 Å². The van der Waals surface area contributed by atoms with Crippen molar-refractivity contribution in [1.29, 1.82) is 0 Å². The molecule has 0 atom stereocenters. The number of aryl methyl sites for hydroxylation is 1. The van der Waals surface area contributed by atoms with Crippen molar-refractivity contribution in [3.8, 4) is 5.75 Å². The number of hydrogen-bond donors (Lipinski definition) is 0. The van der Waals surface area contributed by atoms with Gasteiger partial charge in [-0.25, -0.2) is 4.98 Å². The first-order valence-corrected chi connectivity index (χ1v) is 7.36. The Hall–Kier alpha value is -1.55. The van der Waals surface area contributed by atoms with Crippen LogP contribution in [0.2, 0.25) is 0 Å². The number of likely N-dealkylation sites (N-methyl/N-ethyl adjacent to an activating group) is 1. The van der Waals surface area contributed by atoms with Gasteiger partial charge in [0.1, 0.15) is 11.6 Å². The van der Waals surface area contributed by atoms with Crippen LogP contribution in [0.25, 0.3) is 0 Å². The Kier molecular flexibility index (Phi) is 5.01. The Bertz CT molecular complexity index is 586. The van der Waals surface area contributed by atoms with Crippen LogP contribution in [0, 0.1) is 6.92 Å². The Labute approximate surface area is 128 Å². The molecule has 0 fully saturated rings. The maximum Gasteiger partial charge on any atom is 0.131 e. The van der Waals surface area contributed by atoms with Crippen LogP contribution < -0.4 is 9.64 Å². The molecule has 0 aliphatic heterocycles. The number of nitrogens with zero attached hydrogens (tertiary/aromatic N) is 2. The predicted molar refractivity (Wildman–Crippen MR) is 86.6 cm³/mol. The highest BCUT2D eigenvalue weighted by molar-refractivity contribution is 9.10. The van der Waals surface area contributed by atoms with E-state index in [1.807, 2.05) is 24.4 Å². The summed E-state index contributed by atoms with van der Waals surface area (Å²) in [6, 6.07) is 10.2. The van der Waals surface area contributed by atoms with Crippen molar-refractivity contribution in [1.82, 2.24) is 4.98 Å². The summed E-state index contributed by atoms with van der Waals surface area (Å²) in [6.45, 7) is 2.97. The minimum absolute atomic E-state index is 0.899. The number of rotatable bonds is 5. The van der Waals surface area contributed by atoms with Gasteiger partial charge in [-0.05, 0) is 52.5 Å². The number of halogens is 1. The van der Waals surface area contributed by atoms with E-state index >= 15 is 0 Å². The van der Waals surface area contributed by atoms with Gasteiger partial charge in [-0.2, -0.15) is 0 Å². The van der Waals surface area contributed by atoms with Crippen LogP contribution in [0.5, 0.6) is 5.75 Å². The van der Waals surface area contributed by atoms with Crippen molar-refractivity contribution in [2.45, 2.75) is 13.3 Å². The minimum Gasteiger partial charge on any atom is -0.496 e. The highest BCUT2D eigenvalue weighted by Crippen LogP contribution is 2.22. The standard InChI is InChI=1S/C16H19BrN2O/c1-12-10-14(17)11-18-16(12)19(2)9-8-13-6-4-5-7-15(13)20-3/h4-7,10-11H,8-9H2,1-3H3. The average Bonchev–Trinajstić information content (AvgIpc) is 2.45. The molecular weight excluding hydrogens is 316 g/mol. The quantitative estimate of drug-likeness (QED) is 0.830. The van der Waals surface area contributed by atoms with Crippen LogP contribution in [-0.4, -0.2) is 25.7 Å². The Morgan fingerprint density at radius 1 is 1.30 bits per heavy atom. The number of pyridine rings is 1. The number of anilines is 1. The van der Waals surface area contributed by atoms with E-state index in [0.717, 1.165) is 29.0 Å². The number of ether oxygens (including phenoxy) is 1. The summed E-state index contributed by atoms with van der Waals surface area (Å²) in [7, 11) is 3.78. The van der Waals surface area contributed by atoms with Gasteiger partial charge in [-0.3, -0.25) is 0 Å². The van der Waals surface area contributed by atoms with Crippen LogP contribution in [-0.2, 0) is 6.42 Å². The van der Waals surface area contributed by atoms with Crippen molar-refractivity contribution in [2.75, 3.05) is 25.6 Å². The summed E-state index contributed by atoms with van der Waals surface area (Å²) in [5.41, 5.74) is 2.39. The van der Waals surface area contributed by atoms with Gasteiger partial charge in [0.2, 0.25) is 0 Å². The van der Waals surface area contributed by atoms with Gasteiger partial charge < -0.3 is 9.64 Å². The van der Waals surface area contributed by atoms with E-state index < -0.39 is 0 Å². The average molecular weight is 335 g/mol. The van der Waals surface area contributed by atoms with Crippen LogP contribution >= 0.6 is 15.9 Å². The second kappa shape index (κ2) is 6.75. The highest BCUT2D eigenvalue weighted by atomic mass is 79.9. The van der Waals surface area contributed by atoms with E-state index in [4.69, 9.17) is 4.74 Å². The highest BCUT2D eigenvalue weighted by Gasteiger charge is 2.08. The fraction of sp³-hybridized carbons (Fsp3) is 0.312. The maximum atomic E-state index is 5.38. The van der Waals surface area contributed by atoms with Gasteiger partial charge in [-0.15, -0.1) is 0 Å². The maximum absolute atomic E-state index is 5.38. The largest absolute Gasteiger partial charge is 0.496 e. The topological polar surface area (TPSA) is 25.4 Å². The first-order chi connectivity index (χ1) is 9.61. The molecule has 0 aliphatic carbocycles. The molecule has 0 radical (unpaired) electrons. The van der Waals surface area contributed by atoms with Gasteiger partial charge in [0.15, 0.2) is 0 Å². The molecule has 1 heterocycles. The molecule has 0 unspecified atom stereocenters. The molecular formula is C16H19BrN2O. The fourth-order valence-corrected chi connectivity index (χ4v) is 2.68. The third-order valence-corrected chi connectivity index (χ3v) is 3.72. The van der Waals surface area contributed by atoms with E-state index in [2.05, 4.69) is 51.9 Å². The van der Waals surface area contributed by atoms with Gasteiger partial charge in [0.25, 0.3) is 0 Å². The molecule has 0 spiro atoms. The van der Waals surface area contributed by atoms with Crippen molar-refractivity contribution >= 4 is 21.7 Å². The van der Waals surface area contributed by atoms with Gasteiger partial charge in [0, 0.05) is 24.3 Å². The van der Waals surface area contributed by atoms with E-state index in [1.54, 1.807) is 7.11 Å². The Morgan fingerprint density at radius 2 is 2.05 bits per heavy atom. The molecule has 20 heavy (non-hydrogen) atoms. The lowest BCUT2D eigenvalue weighted by molar-refractivity contribution is 0.409. The number of hydrogen-bond acceptors (Lipinski definition) is 3. The zero-order chi connectivity index (χ0) is 14.5. The fourth-order valence-electron chi connectivity index (χ4n) is 2.24. The van der Waals surface area contributed by atoms with E-state index in [1.165, 1.54) is 11.1 Å². The van der Waals surface area contributed by atoms with Crippen molar-refractivity contribution < 1.29 is 4.74 Å². The number of para-hydroxylation sites is 1. The van der Waals surface area contributed by atoms with E-state index in [9.17, 15) is 0 Å². The molecule has 0 saturated carbocycles. The van der Waals surface area contributed by atoms with Crippen LogP contribution in [0.15, 0.2) is 41.0 Å². The Balaban J connectivity index is 2.06. The lowest BCUT2D eigenvalue weighted by atomic mass is 10.1. The van der Waals surface area contributed by atoms with Crippen LogP contribution in [0.3, 0.4) is 0 Å². The second-order valence-corrected chi connectivity index (χ2v) is 5.69. The lowest BCUT2D eigenvalue weighted by Gasteiger charge is -2.20. The molecule has 0 bridgehead atoms. The van der Waals surface area contributed by atoms with Gasteiger partial charge >= 0.3 is 0 Å². The SMILES string of the molecule is COc1ccccc1CCN(C)c1ncc(Br)cc1C. The molecule has 0 amide bonds. The van der Waals surface area contributed by atoms with Crippen LogP contribution in [0.4, 0.5) is 5.82 Å². The molecule has 3 nitrogen and oxygen atoms in total. The second-order valence-electron chi connectivity index (χ2n) is 4.78. The normalized spacial score (nSPS) is 10.4. The summed E-state index contributed by atoms with van der Waals surface area (Å²) < 4.78 is 6.39. The smallest absolute Gasteiger partial charge is 0.131 e. The summed E-state index contributed by atoms with van der Waals surface area (Å²) in [4.78, 5) is 6.66. The zero-order valence-corrected chi connectivity index (χ0v) is 13.6. The first-order valence-electron chi connectivity index (χ1n) is 6.57. The molecule has 106 valence electrons. The molecule has 2 rings (SSSR count). The number of benzene rings is 1. The van der Waals surface area contributed by atoms with Gasteiger partial charge in [0.05, 0.1) is 7.11 Å². The summed E-state index contributed by atoms with van der Waals surface area (Å²) in [6.07, 6.45) is 2.76. The molecule has 0 N–H and O–H groups in total. The summed E-state index contributed by atoms with van der Waals surface area (Å²) in [5, 5.41) is 0. The lowest BCUT2D eigenvalue weighted by Crippen LogP contribution is -2.22. The predicted octanol–water partition coefficient (Wildman–Crippen LogP) is 3.84.